The average Bonchev–Trinajstić information content (AvgIpc) is 2.82. The molecule has 0 aliphatic carbocycles. The molecule has 1 amide bonds. The van der Waals surface area contributed by atoms with Gasteiger partial charge in [-0.15, -0.1) is 0 Å². The molecule has 0 unspecified atom stereocenters. The Balaban J connectivity index is 2.37. The quantitative estimate of drug-likeness (QED) is 0.943. The molecule has 5 nitrogen and oxygen atoms in total. The predicted octanol–water partition coefficient (Wildman–Crippen LogP) is 2.77. The molecule has 0 bridgehead atoms. The standard InChI is InChI=1S/C15H20N4OS/c1-5-19(11-8-6-7-10(2)9-11)14(20)12-13(16)17-15(21-12)18(3)4/h6-9H,5,16H2,1-4H3. The van der Waals surface area contributed by atoms with Gasteiger partial charge in [0.1, 0.15) is 10.7 Å². The fourth-order valence-electron chi connectivity index (χ4n) is 2.03. The molecule has 0 atom stereocenters. The summed E-state index contributed by atoms with van der Waals surface area (Å²) in [6, 6.07) is 7.87. The van der Waals surface area contributed by atoms with Crippen LogP contribution < -0.4 is 15.5 Å². The highest BCUT2D eigenvalue weighted by atomic mass is 32.1. The van der Waals surface area contributed by atoms with Crippen molar-refractivity contribution in [1.29, 1.82) is 0 Å². The molecule has 6 heteroatoms. The first-order valence-corrected chi connectivity index (χ1v) is 7.57. The van der Waals surface area contributed by atoms with Crippen molar-refractivity contribution in [2.24, 2.45) is 0 Å². The lowest BCUT2D eigenvalue weighted by Gasteiger charge is -2.20. The molecule has 112 valence electrons. The first kappa shape index (κ1) is 15.3. The first-order valence-electron chi connectivity index (χ1n) is 6.76. The molecule has 0 fully saturated rings. The van der Waals surface area contributed by atoms with Crippen LogP contribution in [0.25, 0.3) is 0 Å². The molecule has 0 radical (unpaired) electrons. The third-order valence-electron chi connectivity index (χ3n) is 3.09. The zero-order valence-electron chi connectivity index (χ0n) is 12.8. The van der Waals surface area contributed by atoms with Gasteiger partial charge in [0, 0.05) is 26.3 Å². The molecule has 0 saturated heterocycles. The summed E-state index contributed by atoms with van der Waals surface area (Å²) in [5.74, 6) is 0.186. The van der Waals surface area contributed by atoms with Crippen molar-refractivity contribution >= 4 is 33.9 Å². The summed E-state index contributed by atoms with van der Waals surface area (Å²) in [5, 5.41) is 0.733. The largest absolute Gasteiger partial charge is 0.382 e. The number of amides is 1. The zero-order valence-corrected chi connectivity index (χ0v) is 13.6. The Morgan fingerprint density at radius 2 is 2.10 bits per heavy atom. The van der Waals surface area contributed by atoms with Crippen molar-refractivity contribution in [2.45, 2.75) is 13.8 Å². The van der Waals surface area contributed by atoms with Crippen molar-refractivity contribution in [1.82, 2.24) is 4.98 Å². The summed E-state index contributed by atoms with van der Waals surface area (Å²) in [6.07, 6.45) is 0. The normalized spacial score (nSPS) is 10.5. The number of anilines is 3. The Morgan fingerprint density at radius 3 is 2.62 bits per heavy atom. The number of carbonyl (C=O) groups excluding carboxylic acids is 1. The van der Waals surface area contributed by atoms with Crippen LogP contribution in [-0.4, -0.2) is 31.5 Å². The van der Waals surface area contributed by atoms with Crippen molar-refractivity contribution in [2.75, 3.05) is 36.2 Å². The van der Waals surface area contributed by atoms with Crippen LogP contribution in [0.3, 0.4) is 0 Å². The number of nitrogens with two attached hydrogens (primary N) is 1. The van der Waals surface area contributed by atoms with E-state index in [-0.39, 0.29) is 5.91 Å². The maximum atomic E-state index is 12.7. The van der Waals surface area contributed by atoms with E-state index in [1.807, 2.05) is 57.1 Å². The van der Waals surface area contributed by atoms with Crippen molar-refractivity contribution in [3.63, 3.8) is 0 Å². The highest BCUT2D eigenvalue weighted by Gasteiger charge is 2.23. The number of benzene rings is 1. The van der Waals surface area contributed by atoms with Gasteiger partial charge in [-0.05, 0) is 31.5 Å². The molecule has 0 aliphatic rings. The lowest BCUT2D eigenvalue weighted by atomic mass is 10.2. The van der Waals surface area contributed by atoms with Gasteiger partial charge in [0.2, 0.25) is 0 Å². The summed E-state index contributed by atoms with van der Waals surface area (Å²) in [5.41, 5.74) is 7.90. The fraction of sp³-hybridized carbons (Fsp3) is 0.333. The molecule has 1 aromatic carbocycles. The molecular weight excluding hydrogens is 284 g/mol. The molecule has 0 spiro atoms. The summed E-state index contributed by atoms with van der Waals surface area (Å²) < 4.78 is 0. The Labute approximate surface area is 129 Å². The second-order valence-corrected chi connectivity index (χ2v) is 5.97. The number of nitrogens with zero attached hydrogens (tertiary/aromatic N) is 3. The fourth-order valence-corrected chi connectivity index (χ4v) is 2.88. The number of aromatic nitrogens is 1. The minimum absolute atomic E-state index is 0.105. The van der Waals surface area contributed by atoms with Crippen molar-refractivity contribution in [3.8, 4) is 0 Å². The molecule has 2 N–H and O–H groups in total. The van der Waals surface area contributed by atoms with Crippen LogP contribution in [0.4, 0.5) is 16.6 Å². The molecule has 21 heavy (non-hydrogen) atoms. The van der Waals surface area contributed by atoms with Crippen LogP contribution in [-0.2, 0) is 0 Å². The highest BCUT2D eigenvalue weighted by molar-refractivity contribution is 7.18. The summed E-state index contributed by atoms with van der Waals surface area (Å²) in [7, 11) is 3.76. The van der Waals surface area contributed by atoms with Crippen molar-refractivity contribution < 1.29 is 4.79 Å². The van der Waals surface area contributed by atoms with E-state index in [9.17, 15) is 4.79 Å². The number of thiazole rings is 1. The minimum Gasteiger partial charge on any atom is -0.382 e. The maximum Gasteiger partial charge on any atom is 0.272 e. The van der Waals surface area contributed by atoms with E-state index in [4.69, 9.17) is 5.73 Å². The van der Waals surface area contributed by atoms with Gasteiger partial charge in [-0.2, -0.15) is 0 Å². The second kappa shape index (κ2) is 6.13. The summed E-state index contributed by atoms with van der Waals surface area (Å²) in [4.78, 5) is 21.0. The molecule has 2 aromatic rings. The third-order valence-corrected chi connectivity index (χ3v) is 4.32. The van der Waals surface area contributed by atoms with Gasteiger partial charge in [-0.25, -0.2) is 4.98 Å². The summed E-state index contributed by atoms with van der Waals surface area (Å²) >= 11 is 1.32. The monoisotopic (exact) mass is 304 g/mol. The Kier molecular flexibility index (Phi) is 4.47. The predicted molar refractivity (Wildman–Crippen MR) is 89.4 cm³/mol. The SMILES string of the molecule is CCN(C(=O)c1sc(N(C)C)nc1N)c1cccc(C)c1. The van der Waals surface area contributed by atoms with Crippen LogP contribution in [0, 0.1) is 6.92 Å². The first-order chi connectivity index (χ1) is 9.93. The van der Waals surface area contributed by atoms with Crippen LogP contribution in [0.15, 0.2) is 24.3 Å². The Bertz CT molecular complexity index is 651. The Morgan fingerprint density at radius 1 is 1.38 bits per heavy atom. The zero-order chi connectivity index (χ0) is 15.6. The number of rotatable bonds is 4. The second-order valence-electron chi connectivity index (χ2n) is 4.99. The molecule has 1 heterocycles. The lowest BCUT2D eigenvalue weighted by Crippen LogP contribution is -2.30. The summed E-state index contributed by atoms with van der Waals surface area (Å²) in [6.45, 7) is 4.54. The molecule has 2 rings (SSSR count). The van der Waals surface area contributed by atoms with Crippen LogP contribution >= 0.6 is 11.3 Å². The van der Waals surface area contributed by atoms with E-state index in [1.165, 1.54) is 11.3 Å². The molecule has 1 aromatic heterocycles. The van der Waals surface area contributed by atoms with Crippen LogP contribution in [0.2, 0.25) is 0 Å². The smallest absolute Gasteiger partial charge is 0.272 e. The number of nitrogen functional groups attached to an aromatic ring is 1. The van der Waals surface area contributed by atoms with E-state index in [2.05, 4.69) is 4.98 Å². The number of hydrogen-bond donors (Lipinski definition) is 1. The molecule has 0 aliphatic heterocycles. The van der Waals surface area contributed by atoms with E-state index < -0.39 is 0 Å². The van der Waals surface area contributed by atoms with E-state index in [0.29, 0.717) is 17.2 Å². The van der Waals surface area contributed by atoms with Gasteiger partial charge < -0.3 is 15.5 Å². The van der Waals surface area contributed by atoms with E-state index in [1.54, 1.807) is 4.90 Å². The molecule has 0 saturated carbocycles. The third kappa shape index (κ3) is 3.16. The van der Waals surface area contributed by atoms with Gasteiger partial charge in [0.15, 0.2) is 5.13 Å². The average molecular weight is 304 g/mol. The minimum atomic E-state index is -0.105. The van der Waals surface area contributed by atoms with Gasteiger partial charge in [0.25, 0.3) is 5.91 Å². The maximum absolute atomic E-state index is 12.7. The molecular formula is C15H20N4OS. The van der Waals surface area contributed by atoms with Gasteiger partial charge in [0.05, 0.1) is 0 Å². The Hall–Kier alpha value is -2.08. The lowest BCUT2D eigenvalue weighted by molar-refractivity contribution is 0.0993. The van der Waals surface area contributed by atoms with E-state index in [0.717, 1.165) is 16.4 Å². The van der Waals surface area contributed by atoms with Crippen molar-refractivity contribution in [3.05, 3.63) is 34.7 Å². The number of hydrogen-bond acceptors (Lipinski definition) is 5. The number of carbonyl (C=O) groups is 1. The van der Waals surface area contributed by atoms with E-state index >= 15 is 0 Å². The van der Waals surface area contributed by atoms with Gasteiger partial charge in [-0.1, -0.05) is 23.5 Å². The van der Waals surface area contributed by atoms with Gasteiger partial charge in [-0.3, -0.25) is 4.79 Å². The van der Waals surface area contributed by atoms with Gasteiger partial charge >= 0.3 is 0 Å². The topological polar surface area (TPSA) is 62.5 Å². The highest BCUT2D eigenvalue weighted by Crippen LogP contribution is 2.29. The van der Waals surface area contributed by atoms with Crippen LogP contribution in [0.1, 0.15) is 22.2 Å². The van der Waals surface area contributed by atoms with Crippen LogP contribution in [0.5, 0.6) is 0 Å². The number of aryl methyl sites for hydroxylation is 1.